The topological polar surface area (TPSA) is 70.4 Å². The molecule has 0 aromatic rings. The lowest BCUT2D eigenvalue weighted by atomic mass is 9.97. The molecule has 5 heteroatoms. The fourth-order valence-electron chi connectivity index (χ4n) is 2.93. The monoisotopic (exact) mass is 254 g/mol. The molecule has 0 atom stereocenters. The van der Waals surface area contributed by atoms with E-state index in [0.29, 0.717) is 12.6 Å². The van der Waals surface area contributed by atoms with Crippen LogP contribution in [0.3, 0.4) is 0 Å². The first-order chi connectivity index (χ1) is 8.74. The molecule has 18 heavy (non-hydrogen) atoms. The first-order valence-corrected chi connectivity index (χ1v) is 7.19. The first kappa shape index (κ1) is 13.8. The number of nitrogens with one attached hydrogen (secondary N) is 2. The summed E-state index contributed by atoms with van der Waals surface area (Å²) in [7, 11) is 0. The van der Waals surface area contributed by atoms with E-state index < -0.39 is 0 Å². The van der Waals surface area contributed by atoms with E-state index in [9.17, 15) is 4.79 Å². The normalized spacial score (nSPS) is 24.2. The van der Waals surface area contributed by atoms with Gasteiger partial charge in [0.05, 0.1) is 6.54 Å². The van der Waals surface area contributed by atoms with E-state index in [-0.39, 0.29) is 5.91 Å². The number of hydrogen-bond donors (Lipinski definition) is 3. The largest absolute Gasteiger partial charge is 0.369 e. The van der Waals surface area contributed by atoms with Crippen LogP contribution in [0.15, 0.2) is 0 Å². The third-order valence-corrected chi connectivity index (χ3v) is 4.12. The maximum absolute atomic E-state index is 10.8. The zero-order valence-corrected chi connectivity index (χ0v) is 11.2. The summed E-state index contributed by atoms with van der Waals surface area (Å²) >= 11 is 0. The SMILES string of the molecule is NC(=O)CN1CCC(NCC2CCNCC2)CC1. The van der Waals surface area contributed by atoms with E-state index in [1.165, 1.54) is 25.9 Å². The fraction of sp³-hybridized carbons (Fsp3) is 0.923. The van der Waals surface area contributed by atoms with Gasteiger partial charge in [-0.25, -0.2) is 0 Å². The van der Waals surface area contributed by atoms with Crippen LogP contribution in [0.2, 0.25) is 0 Å². The van der Waals surface area contributed by atoms with E-state index in [4.69, 9.17) is 5.73 Å². The van der Waals surface area contributed by atoms with Crippen molar-refractivity contribution >= 4 is 5.91 Å². The van der Waals surface area contributed by atoms with Crippen molar-refractivity contribution in [2.24, 2.45) is 11.7 Å². The van der Waals surface area contributed by atoms with Gasteiger partial charge < -0.3 is 16.4 Å². The quantitative estimate of drug-likeness (QED) is 0.620. The molecule has 5 nitrogen and oxygen atoms in total. The van der Waals surface area contributed by atoms with E-state index in [0.717, 1.165) is 38.4 Å². The highest BCUT2D eigenvalue weighted by Gasteiger charge is 2.21. The van der Waals surface area contributed by atoms with Crippen LogP contribution in [0.4, 0.5) is 0 Å². The van der Waals surface area contributed by atoms with Crippen molar-refractivity contribution in [3.05, 3.63) is 0 Å². The summed E-state index contributed by atoms with van der Waals surface area (Å²) in [4.78, 5) is 13.0. The van der Waals surface area contributed by atoms with Gasteiger partial charge in [0.1, 0.15) is 0 Å². The number of amides is 1. The molecule has 0 bridgehead atoms. The summed E-state index contributed by atoms with van der Waals surface area (Å²) in [5, 5.41) is 7.09. The second-order valence-corrected chi connectivity index (χ2v) is 5.62. The molecule has 2 heterocycles. The van der Waals surface area contributed by atoms with Gasteiger partial charge in [-0.2, -0.15) is 0 Å². The van der Waals surface area contributed by atoms with Crippen molar-refractivity contribution in [1.29, 1.82) is 0 Å². The van der Waals surface area contributed by atoms with E-state index >= 15 is 0 Å². The maximum atomic E-state index is 10.8. The summed E-state index contributed by atoms with van der Waals surface area (Å²) in [6.45, 7) is 5.90. The second kappa shape index (κ2) is 7.07. The molecular formula is C13H26N4O. The number of nitrogens with two attached hydrogens (primary N) is 1. The van der Waals surface area contributed by atoms with Gasteiger partial charge in [-0.05, 0) is 51.2 Å². The van der Waals surface area contributed by atoms with Crippen molar-refractivity contribution in [2.75, 3.05) is 39.3 Å². The number of piperidine rings is 2. The van der Waals surface area contributed by atoms with Crippen molar-refractivity contribution < 1.29 is 4.79 Å². The van der Waals surface area contributed by atoms with Gasteiger partial charge in [0.15, 0.2) is 0 Å². The van der Waals surface area contributed by atoms with E-state index in [1.54, 1.807) is 0 Å². The van der Waals surface area contributed by atoms with Gasteiger partial charge in [0.2, 0.25) is 5.91 Å². The molecule has 2 saturated heterocycles. The Balaban J connectivity index is 1.59. The van der Waals surface area contributed by atoms with Crippen molar-refractivity contribution in [3.8, 4) is 0 Å². The van der Waals surface area contributed by atoms with Crippen LogP contribution in [0.1, 0.15) is 25.7 Å². The third kappa shape index (κ3) is 4.55. The molecule has 104 valence electrons. The molecule has 0 saturated carbocycles. The Morgan fingerprint density at radius 1 is 1.22 bits per heavy atom. The number of likely N-dealkylation sites (tertiary alicyclic amines) is 1. The lowest BCUT2D eigenvalue weighted by Crippen LogP contribution is -2.46. The van der Waals surface area contributed by atoms with Gasteiger partial charge in [-0.3, -0.25) is 9.69 Å². The molecule has 0 aromatic heterocycles. The minimum Gasteiger partial charge on any atom is -0.369 e. The fourth-order valence-corrected chi connectivity index (χ4v) is 2.93. The molecule has 2 aliphatic heterocycles. The molecule has 0 radical (unpaired) electrons. The van der Waals surface area contributed by atoms with Crippen LogP contribution in [0, 0.1) is 5.92 Å². The molecule has 1 amide bonds. The van der Waals surface area contributed by atoms with Crippen LogP contribution >= 0.6 is 0 Å². The van der Waals surface area contributed by atoms with E-state index in [1.807, 2.05) is 0 Å². The number of rotatable bonds is 5. The highest BCUT2D eigenvalue weighted by molar-refractivity contribution is 5.75. The number of nitrogens with zero attached hydrogens (tertiary/aromatic N) is 1. The lowest BCUT2D eigenvalue weighted by Gasteiger charge is -2.33. The van der Waals surface area contributed by atoms with Gasteiger partial charge in [-0.1, -0.05) is 0 Å². The van der Waals surface area contributed by atoms with E-state index in [2.05, 4.69) is 15.5 Å². The molecule has 0 aromatic carbocycles. The Hall–Kier alpha value is -0.650. The molecule has 4 N–H and O–H groups in total. The number of carbonyl (C=O) groups is 1. The molecular weight excluding hydrogens is 228 g/mol. The highest BCUT2D eigenvalue weighted by atomic mass is 16.1. The Labute approximate surface area is 109 Å². The van der Waals surface area contributed by atoms with Gasteiger partial charge in [0, 0.05) is 19.1 Å². The van der Waals surface area contributed by atoms with Gasteiger partial charge in [-0.15, -0.1) is 0 Å². The minimum atomic E-state index is -0.212. The average molecular weight is 254 g/mol. The van der Waals surface area contributed by atoms with Crippen molar-refractivity contribution in [2.45, 2.75) is 31.7 Å². The first-order valence-electron chi connectivity index (χ1n) is 7.19. The van der Waals surface area contributed by atoms with Gasteiger partial charge in [0.25, 0.3) is 0 Å². The molecule has 0 aliphatic carbocycles. The summed E-state index contributed by atoms with van der Waals surface area (Å²) in [6.07, 6.45) is 4.87. The number of carbonyl (C=O) groups excluding carboxylic acids is 1. The van der Waals surface area contributed by atoms with Crippen molar-refractivity contribution in [3.63, 3.8) is 0 Å². The molecule has 2 fully saturated rings. The Morgan fingerprint density at radius 2 is 1.89 bits per heavy atom. The van der Waals surface area contributed by atoms with Gasteiger partial charge >= 0.3 is 0 Å². The molecule has 0 spiro atoms. The van der Waals surface area contributed by atoms with Crippen molar-refractivity contribution in [1.82, 2.24) is 15.5 Å². The third-order valence-electron chi connectivity index (χ3n) is 4.12. The zero-order valence-electron chi connectivity index (χ0n) is 11.2. The molecule has 2 aliphatic rings. The van der Waals surface area contributed by atoms with Crippen LogP contribution in [0.5, 0.6) is 0 Å². The summed E-state index contributed by atoms with van der Waals surface area (Å²) < 4.78 is 0. The van der Waals surface area contributed by atoms with Crippen LogP contribution in [-0.2, 0) is 4.79 Å². The molecule has 0 unspecified atom stereocenters. The van der Waals surface area contributed by atoms with Crippen LogP contribution in [-0.4, -0.2) is 56.1 Å². The standard InChI is InChI=1S/C13H26N4O/c14-13(18)10-17-7-3-12(4-8-17)16-9-11-1-5-15-6-2-11/h11-12,15-16H,1-10H2,(H2,14,18). The molecule has 2 rings (SSSR count). The summed E-state index contributed by atoms with van der Waals surface area (Å²) in [5.74, 6) is 0.631. The minimum absolute atomic E-state index is 0.212. The average Bonchev–Trinajstić information content (AvgIpc) is 2.38. The van der Waals surface area contributed by atoms with Crippen LogP contribution < -0.4 is 16.4 Å². The van der Waals surface area contributed by atoms with Crippen LogP contribution in [0.25, 0.3) is 0 Å². The summed E-state index contributed by atoms with van der Waals surface area (Å²) in [5.41, 5.74) is 5.21. The highest BCUT2D eigenvalue weighted by Crippen LogP contribution is 2.13. The Kier molecular flexibility index (Phi) is 5.41. The zero-order chi connectivity index (χ0) is 12.8. The second-order valence-electron chi connectivity index (χ2n) is 5.62. The Bertz CT molecular complexity index is 258. The smallest absolute Gasteiger partial charge is 0.231 e. The lowest BCUT2D eigenvalue weighted by molar-refractivity contribution is -0.119. The number of primary amides is 1. The Morgan fingerprint density at radius 3 is 2.50 bits per heavy atom. The summed E-state index contributed by atoms with van der Waals surface area (Å²) in [6, 6.07) is 0.629. The predicted molar refractivity (Wildman–Crippen MR) is 72.3 cm³/mol. The predicted octanol–water partition coefficient (Wildman–Crippen LogP) is -0.475. The number of hydrogen-bond acceptors (Lipinski definition) is 4. The maximum Gasteiger partial charge on any atom is 0.231 e.